The van der Waals surface area contributed by atoms with Crippen LogP contribution < -0.4 is 14.8 Å². The molecule has 34 heavy (non-hydrogen) atoms. The maximum atomic E-state index is 13.0. The number of hydrogen-bond acceptors (Lipinski definition) is 6. The summed E-state index contributed by atoms with van der Waals surface area (Å²) in [5, 5.41) is 7.35. The predicted molar refractivity (Wildman–Crippen MR) is 129 cm³/mol. The number of aryl methyl sites for hydroxylation is 1. The van der Waals surface area contributed by atoms with Crippen LogP contribution in [0, 0.1) is 0 Å². The number of likely N-dealkylation sites (tertiary alicyclic amines) is 1. The monoisotopic (exact) mass is 472 g/mol. The van der Waals surface area contributed by atoms with Crippen LogP contribution in [-0.4, -0.2) is 66.1 Å². The van der Waals surface area contributed by atoms with Gasteiger partial charge in [0, 0.05) is 32.6 Å². The Balaban J connectivity index is 1.58. The van der Waals surface area contributed by atoms with E-state index in [2.05, 4.69) is 10.4 Å². The van der Waals surface area contributed by atoms with E-state index < -0.39 is 5.60 Å². The minimum Gasteiger partial charge on any atom is -0.493 e. The fourth-order valence-corrected chi connectivity index (χ4v) is 4.22. The van der Waals surface area contributed by atoms with Gasteiger partial charge in [-0.2, -0.15) is 5.10 Å². The molecule has 0 bridgehead atoms. The van der Waals surface area contributed by atoms with E-state index in [-0.39, 0.29) is 17.9 Å². The molecule has 2 heterocycles. The Hall–Kier alpha value is -3.23. The van der Waals surface area contributed by atoms with Gasteiger partial charge in [-0.1, -0.05) is 6.07 Å². The number of rotatable bonds is 7. The number of ether oxygens (including phenoxy) is 3. The standard InChI is InChI=1S/C25H36N4O5/c1-25(2,3)34-24(31)29-13-10-18(11-14-29)22-19(16-27-28(22)4)23(30)26-12-9-17-7-8-20(32-5)21(15-17)33-6/h7-8,15-16,18H,9-14H2,1-6H3,(H,26,30). The minimum atomic E-state index is -0.516. The Bertz CT molecular complexity index is 1000. The highest BCUT2D eigenvalue weighted by Crippen LogP contribution is 2.31. The fourth-order valence-electron chi connectivity index (χ4n) is 4.22. The highest BCUT2D eigenvalue weighted by atomic mass is 16.6. The van der Waals surface area contributed by atoms with E-state index in [9.17, 15) is 9.59 Å². The third-order valence-corrected chi connectivity index (χ3v) is 5.91. The van der Waals surface area contributed by atoms with Gasteiger partial charge in [-0.15, -0.1) is 0 Å². The molecule has 1 aliphatic heterocycles. The van der Waals surface area contributed by atoms with Crippen molar-refractivity contribution in [2.75, 3.05) is 33.9 Å². The van der Waals surface area contributed by atoms with Crippen LogP contribution in [0.25, 0.3) is 0 Å². The van der Waals surface area contributed by atoms with Gasteiger partial charge in [0.25, 0.3) is 5.91 Å². The smallest absolute Gasteiger partial charge is 0.410 e. The summed E-state index contributed by atoms with van der Waals surface area (Å²) in [4.78, 5) is 27.1. The maximum absolute atomic E-state index is 13.0. The lowest BCUT2D eigenvalue weighted by Crippen LogP contribution is -2.41. The second-order valence-electron chi connectivity index (χ2n) is 9.50. The second-order valence-corrected chi connectivity index (χ2v) is 9.50. The lowest BCUT2D eigenvalue weighted by Gasteiger charge is -2.33. The van der Waals surface area contributed by atoms with Crippen molar-refractivity contribution in [3.8, 4) is 11.5 Å². The summed E-state index contributed by atoms with van der Waals surface area (Å²) >= 11 is 0. The SMILES string of the molecule is COc1ccc(CCNC(=O)c2cnn(C)c2C2CCN(C(=O)OC(C)(C)C)CC2)cc1OC. The number of amides is 2. The zero-order valence-corrected chi connectivity index (χ0v) is 21.0. The molecule has 2 aromatic rings. The van der Waals surface area contributed by atoms with Crippen LogP contribution >= 0.6 is 0 Å². The van der Waals surface area contributed by atoms with E-state index in [1.807, 2.05) is 46.0 Å². The van der Waals surface area contributed by atoms with Crippen molar-refractivity contribution in [1.82, 2.24) is 20.0 Å². The molecule has 0 saturated carbocycles. The van der Waals surface area contributed by atoms with Crippen LogP contribution in [0.1, 0.15) is 61.1 Å². The Morgan fingerprint density at radius 2 is 1.79 bits per heavy atom. The van der Waals surface area contributed by atoms with E-state index in [0.29, 0.717) is 43.1 Å². The molecule has 1 aromatic carbocycles. The Kier molecular flexibility index (Phi) is 8.06. The Morgan fingerprint density at radius 3 is 2.41 bits per heavy atom. The van der Waals surface area contributed by atoms with Crippen molar-refractivity contribution in [3.63, 3.8) is 0 Å². The molecule has 0 radical (unpaired) electrons. The molecule has 3 rings (SSSR count). The van der Waals surface area contributed by atoms with Gasteiger partial charge in [-0.05, 0) is 57.7 Å². The van der Waals surface area contributed by atoms with Crippen LogP contribution in [-0.2, 0) is 18.2 Å². The zero-order valence-electron chi connectivity index (χ0n) is 21.0. The average Bonchev–Trinajstić information content (AvgIpc) is 3.19. The van der Waals surface area contributed by atoms with Crippen molar-refractivity contribution in [3.05, 3.63) is 41.2 Å². The molecule has 0 unspecified atom stereocenters. The van der Waals surface area contributed by atoms with Crippen LogP contribution in [0.4, 0.5) is 4.79 Å². The van der Waals surface area contributed by atoms with Crippen LogP contribution in [0.3, 0.4) is 0 Å². The number of aromatic nitrogens is 2. The summed E-state index contributed by atoms with van der Waals surface area (Å²) in [5.41, 5.74) is 2.02. The van der Waals surface area contributed by atoms with Gasteiger partial charge < -0.3 is 24.4 Å². The lowest BCUT2D eigenvalue weighted by atomic mass is 9.91. The second kappa shape index (κ2) is 10.8. The van der Waals surface area contributed by atoms with E-state index in [4.69, 9.17) is 14.2 Å². The topological polar surface area (TPSA) is 94.9 Å². The van der Waals surface area contributed by atoms with Crippen molar-refractivity contribution in [1.29, 1.82) is 0 Å². The molecular weight excluding hydrogens is 436 g/mol. The van der Waals surface area contributed by atoms with Crippen molar-refractivity contribution < 1.29 is 23.8 Å². The number of hydrogen-bond donors (Lipinski definition) is 1. The highest BCUT2D eigenvalue weighted by molar-refractivity contribution is 5.95. The van der Waals surface area contributed by atoms with Gasteiger partial charge in [0.05, 0.1) is 31.7 Å². The molecule has 1 aliphatic rings. The van der Waals surface area contributed by atoms with Gasteiger partial charge in [0.15, 0.2) is 11.5 Å². The minimum absolute atomic E-state index is 0.141. The largest absolute Gasteiger partial charge is 0.493 e. The number of nitrogens with zero attached hydrogens (tertiary/aromatic N) is 3. The molecule has 186 valence electrons. The zero-order chi connectivity index (χ0) is 24.9. The first kappa shape index (κ1) is 25.4. The summed E-state index contributed by atoms with van der Waals surface area (Å²) in [6, 6.07) is 5.74. The van der Waals surface area contributed by atoms with Crippen molar-refractivity contribution in [2.24, 2.45) is 7.05 Å². The van der Waals surface area contributed by atoms with E-state index in [0.717, 1.165) is 24.1 Å². The van der Waals surface area contributed by atoms with Crippen LogP contribution in [0.15, 0.2) is 24.4 Å². The highest BCUT2D eigenvalue weighted by Gasteiger charge is 2.31. The molecule has 0 spiro atoms. The molecule has 1 aromatic heterocycles. The first-order chi connectivity index (χ1) is 16.1. The average molecular weight is 473 g/mol. The molecular formula is C25H36N4O5. The van der Waals surface area contributed by atoms with Gasteiger partial charge in [-0.3, -0.25) is 9.48 Å². The summed E-state index contributed by atoms with van der Waals surface area (Å²) in [6.45, 7) is 7.26. The number of methoxy groups -OCH3 is 2. The number of carbonyl (C=O) groups is 2. The van der Waals surface area contributed by atoms with Gasteiger partial charge >= 0.3 is 6.09 Å². The number of benzene rings is 1. The molecule has 1 fully saturated rings. The van der Waals surface area contributed by atoms with E-state index >= 15 is 0 Å². The Labute approximate surface area is 201 Å². The van der Waals surface area contributed by atoms with Crippen LogP contribution in [0.5, 0.6) is 11.5 Å². The number of carbonyl (C=O) groups excluding carboxylic acids is 2. The summed E-state index contributed by atoms with van der Waals surface area (Å²) < 4.78 is 17.9. The predicted octanol–water partition coefficient (Wildman–Crippen LogP) is 3.52. The lowest BCUT2D eigenvalue weighted by molar-refractivity contribution is 0.0203. The molecule has 1 saturated heterocycles. The number of nitrogens with one attached hydrogen (secondary N) is 1. The molecule has 1 N–H and O–H groups in total. The van der Waals surface area contributed by atoms with Crippen LogP contribution in [0.2, 0.25) is 0 Å². The van der Waals surface area contributed by atoms with Crippen molar-refractivity contribution >= 4 is 12.0 Å². The van der Waals surface area contributed by atoms with E-state index in [1.165, 1.54) is 0 Å². The maximum Gasteiger partial charge on any atom is 0.410 e. The summed E-state index contributed by atoms with van der Waals surface area (Å²) in [7, 11) is 5.06. The molecule has 2 amide bonds. The Morgan fingerprint density at radius 1 is 1.12 bits per heavy atom. The quantitative estimate of drug-likeness (QED) is 0.663. The normalized spacial score (nSPS) is 14.6. The third-order valence-electron chi connectivity index (χ3n) is 5.91. The third kappa shape index (κ3) is 6.21. The summed E-state index contributed by atoms with van der Waals surface area (Å²) in [6.07, 6.45) is 3.51. The van der Waals surface area contributed by atoms with Gasteiger partial charge in [-0.25, -0.2) is 4.79 Å². The number of piperidine rings is 1. The molecule has 9 heteroatoms. The molecule has 0 atom stereocenters. The van der Waals surface area contributed by atoms with Gasteiger partial charge in [0.2, 0.25) is 0 Å². The summed E-state index contributed by atoms with van der Waals surface area (Å²) in [5.74, 6) is 1.35. The molecule has 0 aliphatic carbocycles. The van der Waals surface area contributed by atoms with E-state index in [1.54, 1.807) is 30.0 Å². The molecule has 9 nitrogen and oxygen atoms in total. The van der Waals surface area contributed by atoms with Crippen molar-refractivity contribution in [2.45, 2.75) is 51.6 Å². The fraction of sp³-hybridized carbons (Fsp3) is 0.560. The first-order valence-corrected chi connectivity index (χ1v) is 11.6. The first-order valence-electron chi connectivity index (χ1n) is 11.6. The van der Waals surface area contributed by atoms with Gasteiger partial charge in [0.1, 0.15) is 5.60 Å².